The Balaban J connectivity index is 2.29. The Labute approximate surface area is 134 Å². The van der Waals surface area contributed by atoms with E-state index < -0.39 is 15.6 Å². The summed E-state index contributed by atoms with van der Waals surface area (Å²) in [6, 6.07) is 4.72. The SMILES string of the molecule is CC1CCC(CO)(NS(=O)(=O)c2cc(Br)ccc2N)CC1. The van der Waals surface area contributed by atoms with Gasteiger partial charge in [0.2, 0.25) is 10.0 Å². The largest absolute Gasteiger partial charge is 0.398 e. The molecule has 0 unspecified atom stereocenters. The van der Waals surface area contributed by atoms with Crippen LogP contribution in [0.3, 0.4) is 0 Å². The molecule has 0 aliphatic heterocycles. The van der Waals surface area contributed by atoms with Crippen molar-refractivity contribution >= 4 is 31.6 Å². The van der Waals surface area contributed by atoms with E-state index in [0.29, 0.717) is 23.2 Å². The van der Waals surface area contributed by atoms with Gasteiger partial charge in [-0.1, -0.05) is 22.9 Å². The highest BCUT2D eigenvalue weighted by Crippen LogP contribution is 2.33. The van der Waals surface area contributed by atoms with Crippen molar-refractivity contribution in [1.82, 2.24) is 4.72 Å². The first-order chi connectivity index (χ1) is 9.78. The van der Waals surface area contributed by atoms with Crippen LogP contribution in [0.15, 0.2) is 27.6 Å². The predicted octanol–water partition coefficient (Wildman–Crippen LogP) is 2.25. The Morgan fingerprint density at radius 2 is 2.05 bits per heavy atom. The lowest BCUT2D eigenvalue weighted by atomic mass is 9.78. The number of aliphatic hydroxyl groups is 1. The highest BCUT2D eigenvalue weighted by atomic mass is 79.9. The average Bonchev–Trinajstić information content (AvgIpc) is 2.44. The first kappa shape index (κ1) is 16.7. The molecule has 1 aliphatic rings. The molecule has 118 valence electrons. The van der Waals surface area contributed by atoms with Crippen molar-refractivity contribution in [2.24, 2.45) is 5.92 Å². The lowest BCUT2D eigenvalue weighted by Crippen LogP contribution is -2.53. The molecule has 2 rings (SSSR count). The van der Waals surface area contributed by atoms with E-state index in [2.05, 4.69) is 27.6 Å². The summed E-state index contributed by atoms with van der Waals surface area (Å²) in [6.45, 7) is 1.94. The number of nitrogens with one attached hydrogen (secondary N) is 1. The summed E-state index contributed by atoms with van der Waals surface area (Å²) in [5.41, 5.74) is 5.20. The quantitative estimate of drug-likeness (QED) is 0.702. The fourth-order valence-corrected chi connectivity index (χ4v) is 4.81. The minimum absolute atomic E-state index is 0.0447. The van der Waals surface area contributed by atoms with Crippen LogP contribution in [0, 0.1) is 5.92 Å². The molecule has 1 saturated carbocycles. The minimum atomic E-state index is -3.77. The normalized spacial score (nSPS) is 26.7. The first-order valence-corrected chi connectivity index (χ1v) is 9.25. The summed E-state index contributed by atoms with van der Waals surface area (Å²) in [4.78, 5) is 0.0447. The monoisotopic (exact) mass is 376 g/mol. The van der Waals surface area contributed by atoms with Crippen LogP contribution in [0.5, 0.6) is 0 Å². The van der Waals surface area contributed by atoms with Gasteiger partial charge in [0.05, 0.1) is 17.8 Å². The molecular formula is C14H21BrN2O3S. The highest BCUT2D eigenvalue weighted by Gasteiger charge is 2.38. The smallest absolute Gasteiger partial charge is 0.243 e. The lowest BCUT2D eigenvalue weighted by Gasteiger charge is -2.38. The van der Waals surface area contributed by atoms with Gasteiger partial charge in [0.25, 0.3) is 0 Å². The van der Waals surface area contributed by atoms with Gasteiger partial charge in [0.15, 0.2) is 0 Å². The molecule has 0 radical (unpaired) electrons. The first-order valence-electron chi connectivity index (χ1n) is 6.98. The average molecular weight is 377 g/mol. The number of anilines is 1. The molecule has 0 amide bonds. The van der Waals surface area contributed by atoms with Crippen LogP contribution in [0.1, 0.15) is 32.6 Å². The Morgan fingerprint density at radius 1 is 1.43 bits per heavy atom. The van der Waals surface area contributed by atoms with Gasteiger partial charge in [0, 0.05) is 4.47 Å². The topological polar surface area (TPSA) is 92.4 Å². The minimum Gasteiger partial charge on any atom is -0.398 e. The summed E-state index contributed by atoms with van der Waals surface area (Å²) in [5.74, 6) is 0.560. The molecule has 4 N–H and O–H groups in total. The maximum absolute atomic E-state index is 12.6. The van der Waals surface area contributed by atoms with E-state index in [1.165, 1.54) is 6.07 Å². The summed E-state index contributed by atoms with van der Waals surface area (Å²) in [5, 5.41) is 9.69. The van der Waals surface area contributed by atoms with Gasteiger partial charge >= 0.3 is 0 Å². The fraction of sp³-hybridized carbons (Fsp3) is 0.571. The second-order valence-corrected chi connectivity index (χ2v) is 8.48. The lowest BCUT2D eigenvalue weighted by molar-refractivity contribution is 0.125. The van der Waals surface area contributed by atoms with Gasteiger partial charge in [-0.2, -0.15) is 0 Å². The molecule has 1 aromatic carbocycles. The molecule has 0 atom stereocenters. The van der Waals surface area contributed by atoms with E-state index in [1.807, 2.05) is 0 Å². The molecule has 1 aromatic rings. The zero-order chi connectivity index (χ0) is 15.7. The number of benzene rings is 1. The molecule has 0 spiro atoms. The van der Waals surface area contributed by atoms with E-state index in [9.17, 15) is 13.5 Å². The van der Waals surface area contributed by atoms with Crippen molar-refractivity contribution in [3.8, 4) is 0 Å². The zero-order valence-corrected chi connectivity index (χ0v) is 14.4. The molecule has 5 nitrogen and oxygen atoms in total. The number of halogens is 1. The molecule has 0 bridgehead atoms. The number of sulfonamides is 1. The summed E-state index contributed by atoms with van der Waals surface area (Å²) >= 11 is 3.26. The summed E-state index contributed by atoms with van der Waals surface area (Å²) in [6.07, 6.45) is 3.07. The van der Waals surface area contributed by atoms with Crippen LogP contribution in [0.25, 0.3) is 0 Å². The van der Waals surface area contributed by atoms with E-state index in [0.717, 1.165) is 12.8 Å². The van der Waals surface area contributed by atoms with Gasteiger partial charge in [-0.15, -0.1) is 0 Å². The molecule has 1 aliphatic carbocycles. The van der Waals surface area contributed by atoms with Crippen LogP contribution in [0.4, 0.5) is 5.69 Å². The number of hydrogen-bond acceptors (Lipinski definition) is 4. The van der Waals surface area contributed by atoms with Gasteiger partial charge in [-0.3, -0.25) is 0 Å². The maximum Gasteiger partial charge on any atom is 0.243 e. The molecule has 1 fully saturated rings. The number of aliphatic hydroxyl groups excluding tert-OH is 1. The highest BCUT2D eigenvalue weighted by molar-refractivity contribution is 9.10. The third-order valence-corrected chi connectivity index (χ3v) is 6.28. The van der Waals surface area contributed by atoms with Crippen molar-refractivity contribution < 1.29 is 13.5 Å². The third kappa shape index (κ3) is 3.77. The van der Waals surface area contributed by atoms with Crippen LogP contribution >= 0.6 is 15.9 Å². The molecule has 21 heavy (non-hydrogen) atoms. The number of rotatable bonds is 4. The van der Waals surface area contributed by atoms with Crippen molar-refractivity contribution in [1.29, 1.82) is 0 Å². The Kier molecular flexibility index (Phi) is 4.97. The van der Waals surface area contributed by atoms with Crippen molar-refractivity contribution in [2.45, 2.75) is 43.0 Å². The third-order valence-electron chi connectivity index (χ3n) is 4.15. The van der Waals surface area contributed by atoms with Crippen molar-refractivity contribution in [3.05, 3.63) is 22.7 Å². The fourth-order valence-electron chi connectivity index (χ4n) is 2.69. The van der Waals surface area contributed by atoms with Crippen molar-refractivity contribution in [3.63, 3.8) is 0 Å². The van der Waals surface area contributed by atoms with E-state index in [-0.39, 0.29) is 17.2 Å². The Morgan fingerprint density at radius 3 is 2.62 bits per heavy atom. The van der Waals surface area contributed by atoms with Crippen LogP contribution in [0.2, 0.25) is 0 Å². The molecule has 0 saturated heterocycles. The predicted molar refractivity (Wildman–Crippen MR) is 86.3 cm³/mol. The van der Waals surface area contributed by atoms with E-state index in [4.69, 9.17) is 5.73 Å². The van der Waals surface area contributed by atoms with Gasteiger partial charge in [-0.05, 0) is 49.8 Å². The van der Waals surface area contributed by atoms with Crippen LogP contribution in [-0.2, 0) is 10.0 Å². The van der Waals surface area contributed by atoms with Crippen LogP contribution in [-0.4, -0.2) is 25.7 Å². The van der Waals surface area contributed by atoms with E-state index in [1.54, 1.807) is 12.1 Å². The summed E-state index contributed by atoms with van der Waals surface area (Å²) in [7, 11) is -3.77. The van der Waals surface area contributed by atoms with E-state index >= 15 is 0 Å². The summed E-state index contributed by atoms with van der Waals surface area (Å²) < 4.78 is 28.5. The second-order valence-electron chi connectivity index (χ2n) is 5.91. The molecular weight excluding hydrogens is 356 g/mol. The second kappa shape index (κ2) is 6.24. The van der Waals surface area contributed by atoms with Gasteiger partial charge in [-0.25, -0.2) is 13.1 Å². The molecule has 0 aromatic heterocycles. The number of hydrogen-bond donors (Lipinski definition) is 3. The molecule has 7 heteroatoms. The zero-order valence-electron chi connectivity index (χ0n) is 12.0. The molecule has 0 heterocycles. The van der Waals surface area contributed by atoms with Crippen molar-refractivity contribution in [2.75, 3.05) is 12.3 Å². The maximum atomic E-state index is 12.6. The van der Waals surface area contributed by atoms with Crippen LogP contribution < -0.4 is 10.5 Å². The Bertz CT molecular complexity index is 611. The number of nitrogens with two attached hydrogens (primary N) is 1. The standard InChI is InChI=1S/C14H21BrN2O3S/c1-10-4-6-14(9-18,7-5-10)17-21(19,20)13-8-11(15)2-3-12(13)16/h2-3,8,10,17-18H,4-7,9,16H2,1H3. The van der Waals surface area contributed by atoms with Gasteiger partial charge < -0.3 is 10.8 Å². The van der Waals surface area contributed by atoms with Gasteiger partial charge in [0.1, 0.15) is 4.90 Å². The Hall–Kier alpha value is -0.630. The number of nitrogen functional groups attached to an aromatic ring is 1.